The predicted octanol–water partition coefficient (Wildman–Crippen LogP) is 3.48. The van der Waals surface area contributed by atoms with Crippen LogP contribution in [0.25, 0.3) is 10.9 Å². The van der Waals surface area contributed by atoms with Crippen molar-refractivity contribution in [1.29, 1.82) is 0 Å². The lowest BCUT2D eigenvalue weighted by atomic mass is 9.95. The third-order valence-corrected chi connectivity index (χ3v) is 4.04. The average molecular weight is 242 g/mol. The molecule has 0 radical (unpaired) electrons. The van der Waals surface area contributed by atoms with E-state index in [9.17, 15) is 0 Å². The van der Waals surface area contributed by atoms with Crippen molar-refractivity contribution >= 4 is 10.9 Å². The second-order valence-electron chi connectivity index (χ2n) is 5.82. The molecule has 2 heteroatoms. The van der Waals surface area contributed by atoms with Gasteiger partial charge in [0, 0.05) is 36.2 Å². The first-order valence-electron chi connectivity index (χ1n) is 6.92. The van der Waals surface area contributed by atoms with E-state index in [1.165, 1.54) is 27.7 Å². The van der Waals surface area contributed by atoms with E-state index in [0.29, 0.717) is 5.92 Å². The molecule has 1 N–H and O–H groups in total. The van der Waals surface area contributed by atoms with E-state index in [1.807, 2.05) is 0 Å². The van der Waals surface area contributed by atoms with Gasteiger partial charge in [-0.3, -0.25) is 0 Å². The summed E-state index contributed by atoms with van der Waals surface area (Å²) in [5, 5.41) is 5.01. The summed E-state index contributed by atoms with van der Waals surface area (Å²) in [6.07, 6.45) is 0. The maximum absolute atomic E-state index is 3.51. The van der Waals surface area contributed by atoms with Gasteiger partial charge in [0.1, 0.15) is 0 Å². The number of aromatic nitrogens is 1. The zero-order valence-electron chi connectivity index (χ0n) is 11.8. The number of fused-ring (bicyclic) bond motifs is 3. The molecule has 2 aromatic rings. The molecule has 96 valence electrons. The summed E-state index contributed by atoms with van der Waals surface area (Å²) in [4.78, 5) is 0. The number of hydrogen-bond donors (Lipinski definition) is 1. The molecule has 2 heterocycles. The standard InChI is InChI=1S/C16H22N2/c1-10(2)15-14-9-17-5-6-18(14)13-8-11(3)7-12(4)16(13)15/h7-8,10,17H,5-6,9H2,1-4H3. The van der Waals surface area contributed by atoms with Gasteiger partial charge in [0.05, 0.1) is 0 Å². The summed E-state index contributed by atoms with van der Waals surface area (Å²) in [7, 11) is 0. The third kappa shape index (κ3) is 1.59. The number of rotatable bonds is 1. The lowest BCUT2D eigenvalue weighted by Gasteiger charge is -2.19. The average Bonchev–Trinajstić information content (AvgIpc) is 2.64. The number of nitrogens with zero attached hydrogens (tertiary/aromatic N) is 1. The van der Waals surface area contributed by atoms with Crippen molar-refractivity contribution < 1.29 is 0 Å². The van der Waals surface area contributed by atoms with Crippen molar-refractivity contribution in [3.05, 3.63) is 34.5 Å². The van der Waals surface area contributed by atoms with E-state index in [2.05, 4.69) is 49.7 Å². The Morgan fingerprint density at radius 3 is 2.72 bits per heavy atom. The van der Waals surface area contributed by atoms with E-state index in [0.717, 1.165) is 19.6 Å². The van der Waals surface area contributed by atoms with Crippen LogP contribution in [-0.2, 0) is 13.1 Å². The first-order chi connectivity index (χ1) is 8.59. The zero-order chi connectivity index (χ0) is 12.9. The maximum Gasteiger partial charge on any atom is 0.0491 e. The van der Waals surface area contributed by atoms with Crippen LogP contribution >= 0.6 is 0 Å². The van der Waals surface area contributed by atoms with Crippen LogP contribution in [0.1, 0.15) is 42.1 Å². The zero-order valence-corrected chi connectivity index (χ0v) is 11.8. The lowest BCUT2D eigenvalue weighted by molar-refractivity contribution is 0.520. The summed E-state index contributed by atoms with van der Waals surface area (Å²) < 4.78 is 2.53. The molecule has 0 amide bonds. The summed E-state index contributed by atoms with van der Waals surface area (Å²) in [5.41, 5.74) is 7.28. The van der Waals surface area contributed by atoms with Crippen LogP contribution in [0.15, 0.2) is 12.1 Å². The largest absolute Gasteiger partial charge is 0.342 e. The summed E-state index contributed by atoms with van der Waals surface area (Å²) in [6.45, 7) is 12.3. The first kappa shape index (κ1) is 11.8. The number of benzene rings is 1. The molecule has 0 spiro atoms. The number of nitrogens with one attached hydrogen (secondary N) is 1. The molecule has 18 heavy (non-hydrogen) atoms. The fourth-order valence-electron chi connectivity index (χ4n) is 3.41. The maximum atomic E-state index is 3.51. The molecule has 0 unspecified atom stereocenters. The van der Waals surface area contributed by atoms with Gasteiger partial charge in [-0.05, 0) is 42.5 Å². The van der Waals surface area contributed by atoms with E-state index in [-0.39, 0.29) is 0 Å². The predicted molar refractivity (Wildman–Crippen MR) is 77.2 cm³/mol. The minimum Gasteiger partial charge on any atom is -0.342 e. The van der Waals surface area contributed by atoms with Crippen LogP contribution in [0, 0.1) is 13.8 Å². The smallest absolute Gasteiger partial charge is 0.0491 e. The molecule has 0 saturated carbocycles. The molecule has 1 aliphatic rings. The Kier molecular flexibility index (Phi) is 2.70. The third-order valence-electron chi connectivity index (χ3n) is 4.04. The minimum atomic E-state index is 0.588. The Morgan fingerprint density at radius 2 is 2.00 bits per heavy atom. The Morgan fingerprint density at radius 1 is 1.22 bits per heavy atom. The second kappa shape index (κ2) is 4.13. The monoisotopic (exact) mass is 242 g/mol. The molecule has 1 aliphatic heterocycles. The molecular weight excluding hydrogens is 220 g/mol. The molecule has 0 saturated heterocycles. The van der Waals surface area contributed by atoms with Crippen LogP contribution in [0.2, 0.25) is 0 Å². The van der Waals surface area contributed by atoms with Gasteiger partial charge in [0.2, 0.25) is 0 Å². The van der Waals surface area contributed by atoms with Gasteiger partial charge in [-0.2, -0.15) is 0 Å². The molecule has 0 bridgehead atoms. The number of aryl methyl sites for hydroxylation is 2. The summed E-state index contributed by atoms with van der Waals surface area (Å²) in [5.74, 6) is 0.588. The highest BCUT2D eigenvalue weighted by Gasteiger charge is 2.22. The van der Waals surface area contributed by atoms with E-state index in [4.69, 9.17) is 0 Å². The Labute approximate surface area is 109 Å². The minimum absolute atomic E-state index is 0.588. The van der Waals surface area contributed by atoms with Gasteiger partial charge in [0.15, 0.2) is 0 Å². The molecule has 1 aromatic heterocycles. The van der Waals surface area contributed by atoms with Crippen molar-refractivity contribution in [2.75, 3.05) is 6.54 Å². The van der Waals surface area contributed by atoms with Crippen molar-refractivity contribution in [2.45, 2.75) is 46.7 Å². The SMILES string of the molecule is Cc1cc(C)c2c(C(C)C)c3n(c2c1)CCNC3. The molecule has 3 rings (SSSR count). The Hall–Kier alpha value is -1.28. The van der Waals surface area contributed by atoms with Gasteiger partial charge in [-0.25, -0.2) is 0 Å². The van der Waals surface area contributed by atoms with Crippen molar-refractivity contribution in [2.24, 2.45) is 0 Å². The highest BCUT2D eigenvalue weighted by atomic mass is 15.1. The van der Waals surface area contributed by atoms with E-state index >= 15 is 0 Å². The highest BCUT2D eigenvalue weighted by Crippen LogP contribution is 2.35. The highest BCUT2D eigenvalue weighted by molar-refractivity contribution is 5.90. The normalized spacial score (nSPS) is 15.4. The summed E-state index contributed by atoms with van der Waals surface area (Å²) in [6, 6.07) is 4.66. The van der Waals surface area contributed by atoms with E-state index < -0.39 is 0 Å². The van der Waals surface area contributed by atoms with Crippen LogP contribution < -0.4 is 5.32 Å². The molecule has 0 fully saturated rings. The summed E-state index contributed by atoms with van der Waals surface area (Å²) >= 11 is 0. The molecule has 0 atom stereocenters. The number of hydrogen-bond acceptors (Lipinski definition) is 1. The van der Waals surface area contributed by atoms with E-state index in [1.54, 1.807) is 5.56 Å². The van der Waals surface area contributed by atoms with Crippen molar-refractivity contribution in [3.8, 4) is 0 Å². The Bertz CT molecular complexity index is 605. The van der Waals surface area contributed by atoms with Gasteiger partial charge < -0.3 is 9.88 Å². The fraction of sp³-hybridized carbons (Fsp3) is 0.500. The second-order valence-corrected chi connectivity index (χ2v) is 5.82. The quantitative estimate of drug-likeness (QED) is 0.810. The van der Waals surface area contributed by atoms with Gasteiger partial charge in [0.25, 0.3) is 0 Å². The van der Waals surface area contributed by atoms with Crippen LogP contribution in [0.4, 0.5) is 0 Å². The van der Waals surface area contributed by atoms with Gasteiger partial charge in [-0.15, -0.1) is 0 Å². The van der Waals surface area contributed by atoms with Gasteiger partial charge in [-0.1, -0.05) is 19.9 Å². The Balaban J connectivity index is 2.44. The molecular formula is C16H22N2. The fourth-order valence-corrected chi connectivity index (χ4v) is 3.41. The van der Waals surface area contributed by atoms with Gasteiger partial charge >= 0.3 is 0 Å². The molecule has 2 nitrogen and oxygen atoms in total. The molecule has 0 aliphatic carbocycles. The van der Waals surface area contributed by atoms with Crippen LogP contribution in [0.3, 0.4) is 0 Å². The van der Waals surface area contributed by atoms with Crippen LogP contribution in [-0.4, -0.2) is 11.1 Å². The molecule has 1 aromatic carbocycles. The van der Waals surface area contributed by atoms with Crippen molar-refractivity contribution in [1.82, 2.24) is 9.88 Å². The lowest BCUT2D eigenvalue weighted by Crippen LogP contribution is -2.28. The topological polar surface area (TPSA) is 17.0 Å². The first-order valence-corrected chi connectivity index (χ1v) is 6.92. The van der Waals surface area contributed by atoms with Crippen LogP contribution in [0.5, 0.6) is 0 Å². The van der Waals surface area contributed by atoms with Crippen molar-refractivity contribution in [3.63, 3.8) is 0 Å².